The van der Waals surface area contributed by atoms with Crippen molar-refractivity contribution in [3.05, 3.63) is 63.2 Å². The fourth-order valence-electron chi connectivity index (χ4n) is 4.07. The van der Waals surface area contributed by atoms with Gasteiger partial charge in [-0.05, 0) is 61.7 Å². The molecule has 4 rings (SSSR count). The first-order valence-electron chi connectivity index (χ1n) is 9.67. The Labute approximate surface area is 170 Å². The van der Waals surface area contributed by atoms with Crippen LogP contribution in [0.3, 0.4) is 0 Å². The minimum Gasteiger partial charge on any atom is -0.486 e. The number of hydrogen-bond donors (Lipinski definition) is 0. The van der Waals surface area contributed by atoms with Crippen LogP contribution in [0.15, 0.2) is 30.3 Å². The first-order chi connectivity index (χ1) is 13.3. The number of amides is 1. The summed E-state index contributed by atoms with van der Waals surface area (Å²) in [7, 11) is 0. The number of benzene rings is 2. The number of fused-ring (bicyclic) bond motifs is 1. The molecule has 1 fully saturated rings. The van der Waals surface area contributed by atoms with Crippen LogP contribution < -0.4 is 4.74 Å². The van der Waals surface area contributed by atoms with Crippen LogP contribution in [0.2, 0.25) is 5.02 Å². The molecule has 0 aromatic heterocycles. The van der Waals surface area contributed by atoms with Gasteiger partial charge in [0.1, 0.15) is 11.4 Å². The van der Waals surface area contributed by atoms with Gasteiger partial charge < -0.3 is 9.64 Å². The van der Waals surface area contributed by atoms with E-state index in [1.54, 1.807) is 6.07 Å². The van der Waals surface area contributed by atoms with Crippen LogP contribution in [0.4, 0.5) is 0 Å². The van der Waals surface area contributed by atoms with Gasteiger partial charge in [0, 0.05) is 36.5 Å². The molecule has 0 N–H and O–H groups in total. The number of ketones is 1. The fraction of sp³-hybridized carbons (Fsp3) is 0.391. The Bertz CT molecular complexity index is 974. The van der Waals surface area contributed by atoms with Gasteiger partial charge in [0.25, 0.3) is 5.91 Å². The number of rotatable bonds is 1. The van der Waals surface area contributed by atoms with Crippen LogP contribution in [-0.4, -0.2) is 35.3 Å². The van der Waals surface area contributed by atoms with Gasteiger partial charge in [0.05, 0.1) is 12.0 Å². The molecule has 1 spiro atoms. The molecule has 2 aromatic rings. The van der Waals surface area contributed by atoms with E-state index in [1.165, 1.54) is 5.56 Å². The second-order valence-corrected chi connectivity index (χ2v) is 8.48. The van der Waals surface area contributed by atoms with Crippen molar-refractivity contribution in [1.82, 2.24) is 4.90 Å². The molecule has 5 heteroatoms. The van der Waals surface area contributed by atoms with Gasteiger partial charge in [-0.1, -0.05) is 17.7 Å². The monoisotopic (exact) mass is 397 g/mol. The number of ether oxygens (including phenoxy) is 1. The van der Waals surface area contributed by atoms with Crippen molar-refractivity contribution in [3.63, 3.8) is 0 Å². The predicted molar refractivity (Wildman–Crippen MR) is 110 cm³/mol. The van der Waals surface area contributed by atoms with E-state index in [0.717, 1.165) is 16.7 Å². The minimum absolute atomic E-state index is 0.0445. The summed E-state index contributed by atoms with van der Waals surface area (Å²) < 4.78 is 6.32. The van der Waals surface area contributed by atoms with Crippen LogP contribution in [0.1, 0.15) is 56.7 Å². The van der Waals surface area contributed by atoms with Crippen molar-refractivity contribution >= 4 is 23.3 Å². The van der Waals surface area contributed by atoms with Crippen molar-refractivity contribution in [2.75, 3.05) is 13.1 Å². The number of halogens is 1. The first kappa shape index (κ1) is 19.0. The Morgan fingerprint density at radius 3 is 2.43 bits per heavy atom. The molecular formula is C23H24ClNO3. The lowest BCUT2D eigenvalue weighted by Crippen LogP contribution is -2.52. The number of aryl methyl sites for hydroxylation is 3. The summed E-state index contributed by atoms with van der Waals surface area (Å²) in [4.78, 5) is 27.5. The molecule has 0 atom stereocenters. The van der Waals surface area contributed by atoms with Gasteiger partial charge in [-0.3, -0.25) is 9.59 Å². The van der Waals surface area contributed by atoms with Gasteiger partial charge in [-0.2, -0.15) is 0 Å². The highest BCUT2D eigenvalue weighted by atomic mass is 35.5. The molecule has 0 radical (unpaired) electrons. The van der Waals surface area contributed by atoms with Crippen LogP contribution in [0, 0.1) is 20.8 Å². The van der Waals surface area contributed by atoms with Crippen molar-refractivity contribution in [1.29, 1.82) is 0 Å². The highest BCUT2D eigenvalue weighted by molar-refractivity contribution is 6.31. The summed E-state index contributed by atoms with van der Waals surface area (Å²) in [5.74, 6) is 0.729. The summed E-state index contributed by atoms with van der Waals surface area (Å²) in [6, 6.07) is 9.38. The maximum absolute atomic E-state index is 12.9. The molecule has 146 valence electrons. The average molecular weight is 398 g/mol. The Hall–Kier alpha value is -2.33. The molecule has 0 saturated carbocycles. The molecule has 4 nitrogen and oxygen atoms in total. The standard InChI is InChI=1S/C23H24ClNO3/c1-14-4-5-17(10-15(14)2)22(27)25-8-6-23(7-9-25)13-20(26)18-12-19(24)16(3)11-21(18)28-23/h4-5,10-12H,6-9,13H2,1-3H3. The number of carbonyl (C=O) groups excluding carboxylic acids is 2. The summed E-state index contributed by atoms with van der Waals surface area (Å²) in [6.07, 6.45) is 1.64. The lowest BCUT2D eigenvalue weighted by atomic mass is 9.82. The highest BCUT2D eigenvalue weighted by Crippen LogP contribution is 2.41. The van der Waals surface area contributed by atoms with Crippen molar-refractivity contribution < 1.29 is 14.3 Å². The number of piperidine rings is 1. The quantitative estimate of drug-likeness (QED) is 0.687. The van der Waals surface area contributed by atoms with E-state index in [4.69, 9.17) is 16.3 Å². The van der Waals surface area contributed by atoms with E-state index in [2.05, 4.69) is 0 Å². The van der Waals surface area contributed by atoms with E-state index < -0.39 is 5.60 Å². The number of hydrogen-bond acceptors (Lipinski definition) is 3. The third-order valence-corrected chi connectivity index (χ3v) is 6.49. The van der Waals surface area contributed by atoms with Crippen molar-refractivity contribution in [2.45, 2.75) is 45.6 Å². The van der Waals surface area contributed by atoms with Crippen LogP contribution in [0.25, 0.3) is 0 Å². The van der Waals surface area contributed by atoms with Gasteiger partial charge in [0.2, 0.25) is 0 Å². The molecule has 28 heavy (non-hydrogen) atoms. The maximum Gasteiger partial charge on any atom is 0.253 e. The molecule has 2 aliphatic rings. The highest BCUT2D eigenvalue weighted by Gasteiger charge is 2.44. The van der Waals surface area contributed by atoms with E-state index in [1.807, 2.05) is 49.9 Å². The molecule has 0 aliphatic carbocycles. The normalized spacial score (nSPS) is 18.0. The van der Waals surface area contributed by atoms with Crippen LogP contribution in [0.5, 0.6) is 5.75 Å². The zero-order valence-electron chi connectivity index (χ0n) is 16.5. The molecular weight excluding hydrogens is 374 g/mol. The zero-order chi connectivity index (χ0) is 20.1. The number of nitrogens with zero attached hydrogens (tertiary/aromatic N) is 1. The van der Waals surface area contributed by atoms with Crippen LogP contribution >= 0.6 is 11.6 Å². The smallest absolute Gasteiger partial charge is 0.253 e. The fourth-order valence-corrected chi connectivity index (χ4v) is 4.23. The molecule has 2 heterocycles. The topological polar surface area (TPSA) is 46.6 Å². The van der Waals surface area contributed by atoms with E-state index >= 15 is 0 Å². The number of likely N-dealkylation sites (tertiary alicyclic amines) is 1. The van der Waals surface area contributed by atoms with E-state index in [-0.39, 0.29) is 11.7 Å². The lowest BCUT2D eigenvalue weighted by molar-refractivity contribution is -0.00573. The molecule has 0 unspecified atom stereocenters. The average Bonchev–Trinajstić information content (AvgIpc) is 2.66. The van der Waals surface area contributed by atoms with Gasteiger partial charge in [-0.15, -0.1) is 0 Å². The molecule has 2 aliphatic heterocycles. The predicted octanol–water partition coefficient (Wildman–Crippen LogP) is 4.91. The zero-order valence-corrected chi connectivity index (χ0v) is 17.2. The van der Waals surface area contributed by atoms with Gasteiger partial charge in [-0.25, -0.2) is 0 Å². The summed E-state index contributed by atoms with van der Waals surface area (Å²) in [5.41, 5.74) is 3.95. The van der Waals surface area contributed by atoms with Crippen molar-refractivity contribution in [3.8, 4) is 5.75 Å². The molecule has 0 bridgehead atoms. The summed E-state index contributed by atoms with van der Waals surface area (Å²) in [6.45, 7) is 7.13. The number of Topliss-reactive ketones (excluding diaryl/α,β-unsaturated/α-hetero) is 1. The Kier molecular flexibility index (Phi) is 4.70. The largest absolute Gasteiger partial charge is 0.486 e. The second kappa shape index (κ2) is 6.93. The van der Waals surface area contributed by atoms with Gasteiger partial charge in [0.15, 0.2) is 5.78 Å². The molecule has 2 aromatic carbocycles. The minimum atomic E-state index is -0.523. The number of carbonyl (C=O) groups is 2. The third-order valence-electron chi connectivity index (χ3n) is 6.09. The molecule has 1 saturated heterocycles. The second-order valence-electron chi connectivity index (χ2n) is 8.07. The van der Waals surface area contributed by atoms with E-state index in [9.17, 15) is 9.59 Å². The Morgan fingerprint density at radius 1 is 1.04 bits per heavy atom. The lowest BCUT2D eigenvalue weighted by Gasteiger charge is -2.44. The third kappa shape index (κ3) is 3.30. The molecule has 1 amide bonds. The van der Waals surface area contributed by atoms with Crippen molar-refractivity contribution in [2.24, 2.45) is 0 Å². The Balaban J connectivity index is 1.50. The maximum atomic E-state index is 12.9. The van der Waals surface area contributed by atoms with Gasteiger partial charge >= 0.3 is 0 Å². The van der Waals surface area contributed by atoms with E-state index in [0.29, 0.717) is 48.7 Å². The Morgan fingerprint density at radius 2 is 1.75 bits per heavy atom. The summed E-state index contributed by atoms with van der Waals surface area (Å²) >= 11 is 6.17. The first-order valence-corrected chi connectivity index (χ1v) is 10.0. The summed E-state index contributed by atoms with van der Waals surface area (Å²) in [5, 5.41) is 0.584. The van der Waals surface area contributed by atoms with Crippen LogP contribution in [-0.2, 0) is 0 Å². The SMILES string of the molecule is Cc1ccc(C(=O)N2CCC3(CC2)CC(=O)c2cc(Cl)c(C)cc2O3)cc1C.